The summed E-state index contributed by atoms with van der Waals surface area (Å²) < 4.78 is 1.78. The van der Waals surface area contributed by atoms with Crippen molar-refractivity contribution in [3.8, 4) is 0 Å². The van der Waals surface area contributed by atoms with Gasteiger partial charge in [-0.05, 0) is 43.2 Å². The fourth-order valence-electron chi connectivity index (χ4n) is 4.67. The summed E-state index contributed by atoms with van der Waals surface area (Å²) in [6.07, 6.45) is 5.12. The molecule has 35 heavy (non-hydrogen) atoms. The molecule has 1 saturated heterocycles. The number of nitro groups is 1. The maximum absolute atomic E-state index is 13.0. The molecule has 5 rings (SSSR count). The van der Waals surface area contributed by atoms with Crippen LogP contribution < -0.4 is 10.5 Å². The summed E-state index contributed by atoms with van der Waals surface area (Å²) in [7, 11) is 0. The van der Waals surface area contributed by atoms with Crippen LogP contribution in [0, 0.1) is 10.1 Å². The number of anilines is 2. The maximum Gasteiger partial charge on any atom is 0.271 e. The van der Waals surface area contributed by atoms with E-state index in [2.05, 4.69) is 14.9 Å². The molecule has 0 N–H and O–H groups in total. The molecular formula is C26H26N6O3. The molecule has 9 heteroatoms. The number of nitrogens with zero attached hydrogens (tertiary/aromatic N) is 6. The van der Waals surface area contributed by atoms with Gasteiger partial charge in [0.2, 0.25) is 0 Å². The van der Waals surface area contributed by atoms with E-state index in [1.165, 1.54) is 6.07 Å². The van der Waals surface area contributed by atoms with Gasteiger partial charge in [-0.25, -0.2) is 9.97 Å². The van der Waals surface area contributed by atoms with Crippen molar-refractivity contribution in [3.63, 3.8) is 0 Å². The number of piperidine rings is 1. The predicted octanol–water partition coefficient (Wildman–Crippen LogP) is 4.17. The Hall–Kier alpha value is -4.11. The Labute approximate surface area is 202 Å². The first-order chi connectivity index (χ1) is 17.1. The lowest BCUT2D eigenvalue weighted by atomic mass is 10.0. The minimum Gasteiger partial charge on any atom is -0.325 e. The molecular weight excluding hydrogens is 444 g/mol. The fourth-order valence-corrected chi connectivity index (χ4v) is 4.67. The summed E-state index contributed by atoms with van der Waals surface area (Å²) in [4.78, 5) is 37.2. The fraction of sp³-hybridized carbons (Fsp3) is 0.269. The number of pyridine rings is 1. The smallest absolute Gasteiger partial charge is 0.271 e. The van der Waals surface area contributed by atoms with Gasteiger partial charge in [-0.15, -0.1) is 0 Å². The zero-order valence-corrected chi connectivity index (χ0v) is 19.2. The van der Waals surface area contributed by atoms with E-state index in [9.17, 15) is 14.9 Å². The molecule has 0 unspecified atom stereocenters. The summed E-state index contributed by atoms with van der Waals surface area (Å²) in [5.74, 6) is 0.747. The average Bonchev–Trinajstić information content (AvgIpc) is 2.90. The van der Waals surface area contributed by atoms with Gasteiger partial charge in [-0.1, -0.05) is 24.3 Å². The van der Waals surface area contributed by atoms with Crippen LogP contribution in [0.5, 0.6) is 0 Å². The lowest BCUT2D eigenvalue weighted by Gasteiger charge is -2.34. The lowest BCUT2D eigenvalue weighted by Crippen LogP contribution is -2.41. The molecule has 2 aromatic carbocycles. The van der Waals surface area contributed by atoms with Crippen LogP contribution in [0.15, 0.2) is 84.0 Å². The van der Waals surface area contributed by atoms with Crippen LogP contribution in [0.3, 0.4) is 0 Å². The number of aromatic nitrogens is 3. The van der Waals surface area contributed by atoms with Crippen LogP contribution in [0.25, 0.3) is 10.9 Å². The van der Waals surface area contributed by atoms with Gasteiger partial charge in [-0.3, -0.25) is 19.5 Å². The summed E-state index contributed by atoms with van der Waals surface area (Å²) >= 11 is 0. The average molecular weight is 471 g/mol. The largest absolute Gasteiger partial charge is 0.325 e. The molecule has 2 aromatic heterocycles. The van der Waals surface area contributed by atoms with Gasteiger partial charge < -0.3 is 9.80 Å². The van der Waals surface area contributed by atoms with E-state index in [0.717, 1.165) is 49.5 Å². The van der Waals surface area contributed by atoms with E-state index in [4.69, 9.17) is 0 Å². The Bertz CT molecular complexity index is 1380. The second-order valence-corrected chi connectivity index (χ2v) is 8.66. The molecule has 0 spiro atoms. The molecule has 0 amide bonds. The molecule has 1 aliphatic rings. The van der Waals surface area contributed by atoms with Gasteiger partial charge >= 0.3 is 0 Å². The highest BCUT2D eigenvalue weighted by molar-refractivity contribution is 5.76. The van der Waals surface area contributed by atoms with Gasteiger partial charge in [0.25, 0.3) is 11.2 Å². The third kappa shape index (κ3) is 4.90. The highest BCUT2D eigenvalue weighted by Crippen LogP contribution is 2.27. The van der Waals surface area contributed by atoms with Crippen LogP contribution >= 0.6 is 0 Å². The lowest BCUT2D eigenvalue weighted by molar-refractivity contribution is -0.384. The number of para-hydroxylation sites is 1. The van der Waals surface area contributed by atoms with Gasteiger partial charge in [0, 0.05) is 56.2 Å². The molecule has 0 saturated carbocycles. The first-order valence-electron chi connectivity index (χ1n) is 11.7. The van der Waals surface area contributed by atoms with E-state index in [1.54, 1.807) is 29.2 Å². The third-order valence-electron chi connectivity index (χ3n) is 6.56. The molecule has 0 radical (unpaired) electrons. The Balaban J connectivity index is 1.27. The number of rotatable bonds is 7. The van der Waals surface area contributed by atoms with Crippen molar-refractivity contribution >= 4 is 28.1 Å². The summed E-state index contributed by atoms with van der Waals surface area (Å²) in [6.45, 7) is 3.13. The number of likely N-dealkylation sites (tertiary alicyclic amines) is 1. The van der Waals surface area contributed by atoms with Gasteiger partial charge in [0.05, 0.1) is 22.2 Å². The van der Waals surface area contributed by atoms with Crippen molar-refractivity contribution in [1.82, 2.24) is 19.4 Å². The van der Waals surface area contributed by atoms with Crippen molar-refractivity contribution in [2.24, 2.45) is 0 Å². The van der Waals surface area contributed by atoms with E-state index in [-0.39, 0.29) is 22.2 Å². The molecule has 3 heterocycles. The van der Waals surface area contributed by atoms with Crippen molar-refractivity contribution in [3.05, 3.63) is 99.7 Å². The van der Waals surface area contributed by atoms with Crippen molar-refractivity contribution in [2.75, 3.05) is 31.1 Å². The van der Waals surface area contributed by atoms with Crippen LogP contribution in [0.4, 0.5) is 17.2 Å². The highest BCUT2D eigenvalue weighted by atomic mass is 16.6. The van der Waals surface area contributed by atoms with E-state index in [0.29, 0.717) is 11.9 Å². The molecule has 178 valence electrons. The summed E-state index contributed by atoms with van der Waals surface area (Å²) in [5.41, 5.74) is 1.53. The maximum atomic E-state index is 13.0. The number of nitro benzene ring substituents is 1. The number of hydrogen-bond donors (Lipinski definition) is 0. The first kappa shape index (κ1) is 22.7. The molecule has 9 nitrogen and oxygen atoms in total. The van der Waals surface area contributed by atoms with Gasteiger partial charge in [0.1, 0.15) is 5.82 Å². The van der Waals surface area contributed by atoms with E-state index >= 15 is 0 Å². The Morgan fingerprint density at radius 3 is 2.57 bits per heavy atom. The van der Waals surface area contributed by atoms with Gasteiger partial charge in [0.15, 0.2) is 0 Å². The number of hydrogen-bond acceptors (Lipinski definition) is 7. The Morgan fingerprint density at radius 2 is 1.80 bits per heavy atom. The topological polar surface area (TPSA) is 97.4 Å². The first-order valence-corrected chi connectivity index (χ1v) is 11.7. The zero-order chi connectivity index (χ0) is 24.2. The van der Waals surface area contributed by atoms with Crippen molar-refractivity contribution in [2.45, 2.75) is 18.9 Å². The molecule has 1 fully saturated rings. The Morgan fingerprint density at radius 1 is 1.00 bits per heavy atom. The normalized spacial score (nSPS) is 14.7. The van der Waals surface area contributed by atoms with Crippen LogP contribution in [-0.4, -0.2) is 50.5 Å². The molecule has 4 aromatic rings. The van der Waals surface area contributed by atoms with Crippen molar-refractivity contribution < 1.29 is 4.92 Å². The third-order valence-corrected chi connectivity index (χ3v) is 6.56. The summed E-state index contributed by atoms with van der Waals surface area (Å²) in [5, 5.41) is 11.9. The Kier molecular flexibility index (Phi) is 6.49. The van der Waals surface area contributed by atoms with E-state index < -0.39 is 0 Å². The van der Waals surface area contributed by atoms with Crippen molar-refractivity contribution in [1.29, 1.82) is 0 Å². The highest BCUT2D eigenvalue weighted by Gasteiger charge is 2.23. The standard InChI is InChI=1S/C26H26N6O3/c33-26-23-8-1-2-9-24(23)28-19-31(26)20-11-14-29(15-12-20)16-17-30(25-10-3-4-13-27-25)21-6-5-7-22(18-21)32(34)35/h1-10,13,18-20H,11-12,14-17H2. The second-order valence-electron chi connectivity index (χ2n) is 8.66. The molecule has 0 aliphatic carbocycles. The number of fused-ring (bicyclic) bond motifs is 1. The molecule has 0 atom stereocenters. The predicted molar refractivity (Wildman–Crippen MR) is 135 cm³/mol. The number of benzene rings is 2. The number of non-ortho nitro benzene ring substituents is 1. The molecule has 1 aliphatic heterocycles. The zero-order valence-electron chi connectivity index (χ0n) is 19.2. The molecule has 0 bridgehead atoms. The van der Waals surface area contributed by atoms with Crippen LogP contribution in [-0.2, 0) is 0 Å². The van der Waals surface area contributed by atoms with Gasteiger partial charge in [-0.2, -0.15) is 0 Å². The summed E-state index contributed by atoms with van der Waals surface area (Å²) in [6, 6.07) is 19.9. The quantitative estimate of drug-likeness (QED) is 0.295. The van der Waals surface area contributed by atoms with Crippen LogP contribution in [0.2, 0.25) is 0 Å². The minimum absolute atomic E-state index is 0.0149. The van der Waals surface area contributed by atoms with Crippen LogP contribution in [0.1, 0.15) is 18.9 Å². The SMILES string of the molecule is O=c1c2ccccc2ncn1C1CCN(CCN(c2cccc([N+](=O)[O-])c2)c2ccccn2)CC1. The minimum atomic E-state index is -0.380. The monoisotopic (exact) mass is 470 g/mol. The second kappa shape index (κ2) is 10.0. The van der Waals surface area contributed by atoms with E-state index in [1.807, 2.05) is 53.4 Å².